The van der Waals surface area contributed by atoms with Crippen molar-refractivity contribution in [2.45, 2.75) is 26.3 Å². The lowest BCUT2D eigenvalue weighted by Crippen LogP contribution is -1.97. The molecule has 0 unspecified atom stereocenters. The van der Waals surface area contributed by atoms with Crippen molar-refractivity contribution < 1.29 is 0 Å². The zero-order chi connectivity index (χ0) is 10.5. The second-order valence-corrected chi connectivity index (χ2v) is 3.98. The van der Waals surface area contributed by atoms with E-state index in [-0.39, 0.29) is 0 Å². The van der Waals surface area contributed by atoms with E-state index in [0.717, 1.165) is 35.9 Å². The van der Waals surface area contributed by atoms with Gasteiger partial charge >= 0.3 is 0 Å². The third-order valence-electron chi connectivity index (χ3n) is 1.94. The van der Waals surface area contributed by atoms with Crippen molar-refractivity contribution in [3.63, 3.8) is 0 Å². The summed E-state index contributed by atoms with van der Waals surface area (Å²) in [5.41, 5.74) is 1.11. The van der Waals surface area contributed by atoms with E-state index in [2.05, 4.69) is 31.8 Å². The summed E-state index contributed by atoms with van der Waals surface area (Å²) in [6, 6.07) is 0. The van der Waals surface area contributed by atoms with E-state index in [1.807, 2.05) is 6.20 Å². The van der Waals surface area contributed by atoms with E-state index in [0.29, 0.717) is 0 Å². The first-order valence-electron chi connectivity index (χ1n) is 4.92. The summed E-state index contributed by atoms with van der Waals surface area (Å²) >= 11 is 1.41. The fourth-order valence-electron chi connectivity index (χ4n) is 1.20. The highest BCUT2D eigenvalue weighted by Gasteiger charge is 2.02. The standard InChI is InChI=1S/C9H13N5S/c1-2-3-8-13-9(15-14-8)10-4-7-5-11-12-6-7/h5-6H,2-4H2,1H3,(H,11,12)(H,10,13,14). The van der Waals surface area contributed by atoms with Crippen LogP contribution in [-0.4, -0.2) is 19.6 Å². The van der Waals surface area contributed by atoms with E-state index in [1.54, 1.807) is 6.20 Å². The second-order valence-electron chi connectivity index (χ2n) is 3.23. The SMILES string of the molecule is CCCc1nsc(NCc2cn[nH]c2)n1. The molecule has 15 heavy (non-hydrogen) atoms. The van der Waals surface area contributed by atoms with Crippen molar-refractivity contribution in [2.24, 2.45) is 0 Å². The fourth-order valence-corrected chi connectivity index (χ4v) is 1.81. The van der Waals surface area contributed by atoms with Crippen LogP contribution < -0.4 is 5.32 Å². The van der Waals surface area contributed by atoms with Gasteiger partial charge in [0.2, 0.25) is 5.13 Å². The molecule has 0 saturated heterocycles. The van der Waals surface area contributed by atoms with Gasteiger partial charge in [0.05, 0.1) is 6.20 Å². The maximum absolute atomic E-state index is 4.37. The lowest BCUT2D eigenvalue weighted by Gasteiger charge is -1.97. The molecule has 0 aromatic carbocycles. The highest BCUT2D eigenvalue weighted by molar-refractivity contribution is 7.09. The number of anilines is 1. The van der Waals surface area contributed by atoms with Crippen LogP contribution in [0.4, 0.5) is 5.13 Å². The molecule has 0 saturated carbocycles. The Morgan fingerprint density at radius 3 is 3.20 bits per heavy atom. The zero-order valence-corrected chi connectivity index (χ0v) is 9.34. The molecule has 2 rings (SSSR count). The van der Waals surface area contributed by atoms with Crippen molar-refractivity contribution in [3.8, 4) is 0 Å². The number of hydrogen-bond donors (Lipinski definition) is 2. The molecule has 2 N–H and O–H groups in total. The van der Waals surface area contributed by atoms with Crippen molar-refractivity contribution in [1.29, 1.82) is 0 Å². The van der Waals surface area contributed by atoms with Crippen LogP contribution >= 0.6 is 11.5 Å². The van der Waals surface area contributed by atoms with Gasteiger partial charge in [-0.25, -0.2) is 4.98 Å². The van der Waals surface area contributed by atoms with Crippen LogP contribution in [0.1, 0.15) is 24.7 Å². The van der Waals surface area contributed by atoms with Gasteiger partial charge in [-0.3, -0.25) is 5.10 Å². The molecule has 2 aromatic heterocycles. The summed E-state index contributed by atoms with van der Waals surface area (Å²) in [6.45, 7) is 2.86. The number of nitrogens with zero attached hydrogens (tertiary/aromatic N) is 3. The van der Waals surface area contributed by atoms with Crippen LogP contribution in [0.2, 0.25) is 0 Å². The number of rotatable bonds is 5. The molecule has 0 aliphatic carbocycles. The molecule has 0 radical (unpaired) electrons. The Morgan fingerprint density at radius 1 is 1.53 bits per heavy atom. The summed E-state index contributed by atoms with van der Waals surface area (Å²) in [6.07, 6.45) is 5.68. The molecule has 0 atom stereocenters. The topological polar surface area (TPSA) is 66.5 Å². The van der Waals surface area contributed by atoms with Gasteiger partial charge in [-0.05, 0) is 6.42 Å². The Labute approximate surface area is 92.1 Å². The minimum absolute atomic E-state index is 0.733. The van der Waals surface area contributed by atoms with Gasteiger partial charge in [0.25, 0.3) is 0 Å². The lowest BCUT2D eigenvalue weighted by atomic mass is 10.3. The summed E-state index contributed by atoms with van der Waals surface area (Å²) in [7, 11) is 0. The normalized spacial score (nSPS) is 10.5. The van der Waals surface area contributed by atoms with Crippen LogP contribution in [0.3, 0.4) is 0 Å². The summed E-state index contributed by atoms with van der Waals surface area (Å²) < 4.78 is 4.25. The Kier molecular flexibility index (Phi) is 3.29. The Bertz CT molecular complexity index is 394. The van der Waals surface area contributed by atoms with Gasteiger partial charge in [0.15, 0.2) is 0 Å². The number of aromatic nitrogens is 4. The van der Waals surface area contributed by atoms with Gasteiger partial charge in [-0.1, -0.05) is 6.92 Å². The fraction of sp³-hybridized carbons (Fsp3) is 0.444. The van der Waals surface area contributed by atoms with E-state index < -0.39 is 0 Å². The quantitative estimate of drug-likeness (QED) is 0.811. The van der Waals surface area contributed by atoms with E-state index >= 15 is 0 Å². The van der Waals surface area contributed by atoms with E-state index in [1.165, 1.54) is 11.5 Å². The molecule has 5 nitrogen and oxygen atoms in total. The first kappa shape index (κ1) is 10.1. The predicted molar refractivity (Wildman–Crippen MR) is 59.8 cm³/mol. The Hall–Kier alpha value is -1.43. The highest BCUT2D eigenvalue weighted by Crippen LogP contribution is 2.13. The molecular formula is C9H13N5S. The minimum Gasteiger partial charge on any atom is -0.356 e. The second kappa shape index (κ2) is 4.88. The Balaban J connectivity index is 1.88. The predicted octanol–water partition coefficient (Wildman–Crippen LogP) is 1.83. The van der Waals surface area contributed by atoms with E-state index in [9.17, 15) is 0 Å². The molecule has 0 aliphatic rings. The van der Waals surface area contributed by atoms with Crippen molar-refractivity contribution in [3.05, 3.63) is 23.8 Å². The Morgan fingerprint density at radius 2 is 2.47 bits per heavy atom. The first-order valence-corrected chi connectivity index (χ1v) is 5.70. The van der Waals surface area contributed by atoms with Crippen molar-refractivity contribution in [1.82, 2.24) is 19.6 Å². The van der Waals surface area contributed by atoms with Crippen molar-refractivity contribution >= 4 is 16.7 Å². The molecule has 2 aromatic rings. The number of aryl methyl sites for hydroxylation is 1. The van der Waals surface area contributed by atoms with Crippen LogP contribution in [0, 0.1) is 0 Å². The lowest BCUT2D eigenvalue weighted by molar-refractivity contribution is 0.861. The molecular weight excluding hydrogens is 210 g/mol. The number of hydrogen-bond acceptors (Lipinski definition) is 5. The summed E-state index contributed by atoms with van der Waals surface area (Å²) in [5.74, 6) is 0.928. The largest absolute Gasteiger partial charge is 0.356 e. The number of nitrogens with one attached hydrogen (secondary N) is 2. The average Bonchev–Trinajstić information content (AvgIpc) is 2.85. The molecule has 0 amide bonds. The van der Waals surface area contributed by atoms with Crippen LogP contribution in [-0.2, 0) is 13.0 Å². The maximum atomic E-state index is 4.37. The monoisotopic (exact) mass is 223 g/mol. The molecule has 80 valence electrons. The molecule has 0 aliphatic heterocycles. The molecule has 0 bridgehead atoms. The van der Waals surface area contributed by atoms with E-state index in [4.69, 9.17) is 0 Å². The minimum atomic E-state index is 0.733. The van der Waals surface area contributed by atoms with Gasteiger partial charge in [0.1, 0.15) is 5.82 Å². The summed E-state index contributed by atoms with van der Waals surface area (Å²) in [5, 5.41) is 10.7. The maximum Gasteiger partial charge on any atom is 0.202 e. The zero-order valence-electron chi connectivity index (χ0n) is 8.53. The molecule has 0 fully saturated rings. The van der Waals surface area contributed by atoms with Gasteiger partial charge < -0.3 is 5.32 Å². The first-order chi connectivity index (χ1) is 7.38. The highest BCUT2D eigenvalue weighted by atomic mass is 32.1. The average molecular weight is 223 g/mol. The smallest absolute Gasteiger partial charge is 0.202 e. The third-order valence-corrected chi connectivity index (χ3v) is 2.65. The van der Waals surface area contributed by atoms with Gasteiger partial charge in [-0.2, -0.15) is 9.47 Å². The van der Waals surface area contributed by atoms with Crippen molar-refractivity contribution in [2.75, 3.05) is 5.32 Å². The van der Waals surface area contributed by atoms with Gasteiger partial charge in [0, 0.05) is 36.3 Å². The third kappa shape index (κ3) is 2.76. The van der Waals surface area contributed by atoms with Crippen LogP contribution in [0.25, 0.3) is 0 Å². The summed E-state index contributed by atoms with van der Waals surface area (Å²) in [4.78, 5) is 4.37. The molecule has 0 spiro atoms. The molecule has 2 heterocycles. The number of H-pyrrole nitrogens is 1. The van der Waals surface area contributed by atoms with Crippen LogP contribution in [0.5, 0.6) is 0 Å². The number of aromatic amines is 1. The van der Waals surface area contributed by atoms with Crippen LogP contribution in [0.15, 0.2) is 12.4 Å². The molecule has 6 heteroatoms. The van der Waals surface area contributed by atoms with Gasteiger partial charge in [-0.15, -0.1) is 0 Å².